The van der Waals surface area contributed by atoms with Gasteiger partial charge in [-0.2, -0.15) is 4.31 Å². The van der Waals surface area contributed by atoms with Gasteiger partial charge in [-0.05, 0) is 54.7 Å². The van der Waals surface area contributed by atoms with Crippen LogP contribution in [0.2, 0.25) is 5.02 Å². The minimum absolute atomic E-state index is 0.170. The molecular weight excluding hydrogens is 406 g/mol. The number of ether oxygens (including phenoxy) is 1. The summed E-state index contributed by atoms with van der Waals surface area (Å²) in [5.74, 6) is 0.480. The highest BCUT2D eigenvalue weighted by atomic mass is 35.5. The fourth-order valence-electron chi connectivity index (χ4n) is 2.48. The first-order valence-corrected chi connectivity index (χ1v) is 10.6. The molecule has 0 saturated carbocycles. The second kappa shape index (κ2) is 9.36. The van der Waals surface area contributed by atoms with Crippen LogP contribution in [0.1, 0.15) is 13.8 Å². The van der Waals surface area contributed by atoms with Crippen molar-refractivity contribution in [3.63, 3.8) is 0 Å². The van der Waals surface area contributed by atoms with Crippen LogP contribution in [0.5, 0.6) is 5.75 Å². The van der Waals surface area contributed by atoms with Crippen molar-refractivity contribution in [2.75, 3.05) is 30.8 Å². The molecule has 27 heavy (non-hydrogen) atoms. The summed E-state index contributed by atoms with van der Waals surface area (Å²) in [6.45, 7) is 4.39. The number of anilines is 2. The van der Waals surface area contributed by atoms with Crippen molar-refractivity contribution >= 4 is 50.3 Å². The Morgan fingerprint density at radius 1 is 1.11 bits per heavy atom. The van der Waals surface area contributed by atoms with E-state index in [1.54, 1.807) is 44.2 Å². The van der Waals surface area contributed by atoms with Gasteiger partial charge < -0.3 is 15.4 Å². The Balaban J connectivity index is 2.27. The molecule has 0 atom stereocenters. The molecular formula is C18H22ClN3O3S2. The number of methoxy groups -OCH3 is 1. The van der Waals surface area contributed by atoms with Gasteiger partial charge in [0.15, 0.2) is 5.11 Å². The van der Waals surface area contributed by atoms with Crippen molar-refractivity contribution < 1.29 is 13.2 Å². The molecule has 2 rings (SSSR count). The van der Waals surface area contributed by atoms with E-state index in [1.165, 1.54) is 23.5 Å². The molecule has 0 saturated heterocycles. The molecule has 2 N–H and O–H groups in total. The average Bonchev–Trinajstić information content (AvgIpc) is 2.64. The van der Waals surface area contributed by atoms with Crippen molar-refractivity contribution in [3.8, 4) is 5.75 Å². The molecule has 0 aliphatic rings. The van der Waals surface area contributed by atoms with Crippen LogP contribution in [0.15, 0.2) is 47.4 Å². The monoisotopic (exact) mass is 427 g/mol. The zero-order valence-corrected chi connectivity index (χ0v) is 17.7. The van der Waals surface area contributed by atoms with Crippen molar-refractivity contribution in [2.45, 2.75) is 18.7 Å². The molecule has 6 nitrogen and oxygen atoms in total. The standard InChI is InChI=1S/C18H22ClN3O3S2/c1-4-22(5-2)27(23,24)15-10-11-17(25-3)16(12-15)21-18(26)20-14-8-6-13(19)7-9-14/h6-12H,4-5H2,1-3H3,(H2,20,21,26). The quantitative estimate of drug-likeness (QED) is 0.645. The summed E-state index contributed by atoms with van der Waals surface area (Å²) in [4.78, 5) is 0.170. The normalized spacial score (nSPS) is 11.3. The van der Waals surface area contributed by atoms with Gasteiger partial charge in [0.05, 0.1) is 17.7 Å². The van der Waals surface area contributed by atoms with Crippen LogP contribution < -0.4 is 15.4 Å². The first-order valence-electron chi connectivity index (χ1n) is 8.33. The van der Waals surface area contributed by atoms with Gasteiger partial charge >= 0.3 is 0 Å². The lowest BCUT2D eigenvalue weighted by molar-refractivity contribution is 0.416. The lowest BCUT2D eigenvalue weighted by Gasteiger charge is -2.20. The molecule has 2 aromatic carbocycles. The molecule has 9 heteroatoms. The molecule has 0 amide bonds. The van der Waals surface area contributed by atoms with Crippen LogP contribution in [-0.2, 0) is 10.0 Å². The van der Waals surface area contributed by atoms with E-state index in [0.29, 0.717) is 34.7 Å². The number of hydrogen-bond donors (Lipinski definition) is 2. The zero-order valence-electron chi connectivity index (χ0n) is 15.3. The number of halogens is 1. The summed E-state index contributed by atoms with van der Waals surface area (Å²) in [7, 11) is -2.08. The van der Waals surface area contributed by atoms with Gasteiger partial charge in [0.1, 0.15) is 5.75 Å². The van der Waals surface area contributed by atoms with E-state index < -0.39 is 10.0 Å². The fraction of sp³-hybridized carbons (Fsp3) is 0.278. The minimum Gasteiger partial charge on any atom is -0.495 e. The molecule has 0 aromatic heterocycles. The fourth-order valence-corrected chi connectivity index (χ4v) is 4.31. The van der Waals surface area contributed by atoms with E-state index in [2.05, 4.69) is 10.6 Å². The van der Waals surface area contributed by atoms with Gasteiger partial charge in [-0.1, -0.05) is 25.4 Å². The molecule has 0 unspecified atom stereocenters. The molecule has 2 aromatic rings. The van der Waals surface area contributed by atoms with Crippen LogP contribution >= 0.6 is 23.8 Å². The SMILES string of the molecule is CCN(CC)S(=O)(=O)c1ccc(OC)c(NC(=S)Nc2ccc(Cl)cc2)c1. The largest absolute Gasteiger partial charge is 0.495 e. The highest BCUT2D eigenvalue weighted by Crippen LogP contribution is 2.29. The van der Waals surface area contributed by atoms with Crippen molar-refractivity contribution in [3.05, 3.63) is 47.5 Å². The Labute approximate surface area is 170 Å². The summed E-state index contributed by atoms with van der Waals surface area (Å²) in [6.07, 6.45) is 0. The summed E-state index contributed by atoms with van der Waals surface area (Å²) in [5, 5.41) is 6.93. The lowest BCUT2D eigenvalue weighted by Crippen LogP contribution is -2.30. The number of thiocarbonyl (C=S) groups is 1. The number of rotatable bonds is 7. The second-order valence-corrected chi connectivity index (χ2v) is 8.32. The van der Waals surface area contributed by atoms with E-state index in [-0.39, 0.29) is 4.90 Å². The Kier molecular flexibility index (Phi) is 7.43. The van der Waals surface area contributed by atoms with Crippen LogP contribution in [0.4, 0.5) is 11.4 Å². The Bertz CT molecular complexity index is 899. The molecule has 0 heterocycles. The maximum atomic E-state index is 12.8. The molecule has 0 aliphatic carbocycles. The number of nitrogens with zero attached hydrogens (tertiary/aromatic N) is 1. The highest BCUT2D eigenvalue weighted by molar-refractivity contribution is 7.89. The predicted octanol–water partition coefficient (Wildman–Crippen LogP) is 4.19. The number of benzene rings is 2. The maximum Gasteiger partial charge on any atom is 0.243 e. The lowest BCUT2D eigenvalue weighted by atomic mass is 10.3. The van der Waals surface area contributed by atoms with Crippen LogP contribution in [-0.4, -0.2) is 38.0 Å². The molecule has 0 fully saturated rings. The van der Waals surface area contributed by atoms with Crippen LogP contribution in [0.25, 0.3) is 0 Å². The van der Waals surface area contributed by atoms with E-state index >= 15 is 0 Å². The van der Waals surface area contributed by atoms with Crippen molar-refractivity contribution in [2.24, 2.45) is 0 Å². The summed E-state index contributed by atoms with van der Waals surface area (Å²) >= 11 is 11.2. The van der Waals surface area contributed by atoms with Gasteiger partial charge in [-0.3, -0.25) is 0 Å². The zero-order chi connectivity index (χ0) is 20.0. The smallest absolute Gasteiger partial charge is 0.243 e. The Morgan fingerprint density at radius 3 is 2.30 bits per heavy atom. The van der Waals surface area contributed by atoms with Gasteiger partial charge in [-0.25, -0.2) is 8.42 Å². The first kappa shape index (κ1) is 21.4. The second-order valence-electron chi connectivity index (χ2n) is 5.54. The first-order chi connectivity index (χ1) is 12.8. The Hall–Kier alpha value is -1.87. The average molecular weight is 428 g/mol. The molecule has 0 radical (unpaired) electrons. The Morgan fingerprint density at radius 2 is 1.74 bits per heavy atom. The molecule has 0 aliphatic heterocycles. The molecule has 0 spiro atoms. The van der Waals surface area contributed by atoms with Crippen LogP contribution in [0.3, 0.4) is 0 Å². The van der Waals surface area contributed by atoms with E-state index in [0.717, 1.165) is 5.69 Å². The molecule has 146 valence electrons. The molecule has 0 bridgehead atoms. The van der Waals surface area contributed by atoms with E-state index in [4.69, 9.17) is 28.6 Å². The van der Waals surface area contributed by atoms with Gasteiger partial charge in [0, 0.05) is 23.8 Å². The summed E-state index contributed by atoms with van der Waals surface area (Å²) in [5.41, 5.74) is 1.21. The maximum absolute atomic E-state index is 12.8. The number of hydrogen-bond acceptors (Lipinski definition) is 4. The van der Waals surface area contributed by atoms with Gasteiger partial charge in [0.25, 0.3) is 0 Å². The van der Waals surface area contributed by atoms with E-state index in [1.807, 2.05) is 0 Å². The third kappa shape index (κ3) is 5.32. The van der Waals surface area contributed by atoms with Crippen molar-refractivity contribution in [1.82, 2.24) is 4.31 Å². The third-order valence-corrected chi connectivity index (χ3v) is 6.37. The third-order valence-electron chi connectivity index (χ3n) is 3.86. The van der Waals surface area contributed by atoms with E-state index in [9.17, 15) is 8.42 Å². The van der Waals surface area contributed by atoms with Crippen molar-refractivity contribution in [1.29, 1.82) is 0 Å². The minimum atomic E-state index is -3.59. The topological polar surface area (TPSA) is 70.7 Å². The van der Waals surface area contributed by atoms with Gasteiger partial charge in [-0.15, -0.1) is 0 Å². The highest BCUT2D eigenvalue weighted by Gasteiger charge is 2.23. The number of nitrogens with one attached hydrogen (secondary N) is 2. The predicted molar refractivity (Wildman–Crippen MR) is 114 cm³/mol. The summed E-state index contributed by atoms with van der Waals surface area (Å²) in [6, 6.07) is 11.7. The number of sulfonamides is 1. The summed E-state index contributed by atoms with van der Waals surface area (Å²) < 4.78 is 32.2. The van der Waals surface area contributed by atoms with Gasteiger partial charge in [0.2, 0.25) is 10.0 Å². The van der Waals surface area contributed by atoms with Crippen LogP contribution in [0, 0.1) is 0 Å².